The van der Waals surface area contributed by atoms with Crippen LogP contribution >= 0.6 is 0 Å². The first-order chi connectivity index (χ1) is 21.4. The maximum Gasteiger partial charge on any atom is 0.334 e. The summed E-state index contributed by atoms with van der Waals surface area (Å²) < 4.78 is 6.32. The molecule has 0 saturated carbocycles. The van der Waals surface area contributed by atoms with Crippen LogP contribution in [0.15, 0.2) is 34.7 Å². The second-order valence-corrected chi connectivity index (χ2v) is 13.0. The van der Waals surface area contributed by atoms with Crippen molar-refractivity contribution in [1.82, 2.24) is 4.90 Å². The van der Waals surface area contributed by atoms with E-state index < -0.39 is 17.4 Å². The first kappa shape index (κ1) is 38.2. The Morgan fingerprint density at radius 2 is 1.36 bits per heavy atom. The lowest BCUT2D eigenvalue weighted by Gasteiger charge is -2.45. The van der Waals surface area contributed by atoms with Crippen LogP contribution in [0, 0.1) is 0 Å². The third kappa shape index (κ3) is 9.27. The minimum Gasteiger partial charge on any atom is -0.491 e. The van der Waals surface area contributed by atoms with Crippen LogP contribution in [0.1, 0.15) is 143 Å². The molecule has 1 aromatic rings. The predicted octanol–water partition coefficient (Wildman–Crippen LogP) is 8.33. The van der Waals surface area contributed by atoms with Crippen LogP contribution in [-0.2, 0) is 21.4 Å². The number of allylic oxidation sites excluding steroid dienone is 2. The number of nitrogen functional groups attached to an aromatic ring is 1. The normalized spacial score (nSPS) is 15.6. The van der Waals surface area contributed by atoms with Gasteiger partial charge in [0.05, 0.1) is 22.7 Å². The maximum atomic E-state index is 13.1. The van der Waals surface area contributed by atoms with Crippen molar-refractivity contribution < 1.29 is 24.5 Å². The summed E-state index contributed by atoms with van der Waals surface area (Å²) in [5.74, 6) is -1.84. The predicted molar refractivity (Wildman–Crippen MR) is 184 cm³/mol. The van der Waals surface area contributed by atoms with Crippen LogP contribution in [-0.4, -0.2) is 45.7 Å². The minimum atomic E-state index is -1.48. The van der Waals surface area contributed by atoms with Crippen molar-refractivity contribution in [1.29, 1.82) is 0 Å². The number of unbranched alkanes of at least 4 members (excludes halogenated alkanes) is 9. The largest absolute Gasteiger partial charge is 0.491 e. The van der Waals surface area contributed by atoms with Gasteiger partial charge in [0.15, 0.2) is 0 Å². The number of nitrogens with two attached hydrogens (primary N) is 2. The highest BCUT2D eigenvalue weighted by Crippen LogP contribution is 2.54. The smallest absolute Gasteiger partial charge is 0.334 e. The molecular weight excluding hydrogens is 566 g/mol. The summed E-state index contributed by atoms with van der Waals surface area (Å²) in [6.07, 6.45) is 14.7. The van der Waals surface area contributed by atoms with Crippen molar-refractivity contribution in [2.75, 3.05) is 12.3 Å². The summed E-state index contributed by atoms with van der Waals surface area (Å²) in [6.45, 7) is 13.7. The number of rotatable bonds is 21. The van der Waals surface area contributed by atoms with Gasteiger partial charge < -0.3 is 31.3 Å². The molecule has 1 heterocycles. The molecule has 6 N–H and O–H groups in total. The molecule has 0 radical (unpaired) electrons. The first-order valence-corrected chi connectivity index (χ1v) is 17.4. The second kappa shape index (κ2) is 18.2. The lowest BCUT2D eigenvalue weighted by molar-refractivity contribution is -0.134. The molecule has 0 fully saturated rings. The van der Waals surface area contributed by atoms with E-state index in [9.17, 15) is 19.8 Å². The Hall–Kier alpha value is -3.00. The van der Waals surface area contributed by atoms with E-state index in [0.29, 0.717) is 47.8 Å². The summed E-state index contributed by atoms with van der Waals surface area (Å²) in [7, 11) is 0. The molecule has 254 valence electrons. The number of hydrogen-bond donors (Lipinski definition) is 4. The summed E-state index contributed by atoms with van der Waals surface area (Å²) in [5, 5.41) is 21.4. The molecule has 0 saturated heterocycles. The molecule has 1 atom stereocenters. The zero-order valence-electron chi connectivity index (χ0n) is 29.1. The standard InChI is InChI=1S/C37H61N3O5/c1-8-11-12-13-14-15-16-17-18-19-20-28(38)21-22-29-30(39)23-24-31(45-25(4)5)34(29)37(9-2)32(35(41)42)26(6)40(10-3)27(7)33(37)36(43)44/h23-25,28H,8-22,38-39H2,1-7H3,(H,41,42)(H,43,44). The number of nitrogens with zero attached hydrogens (tertiary/aromatic N) is 1. The highest BCUT2D eigenvalue weighted by atomic mass is 16.5. The molecule has 0 amide bonds. The highest BCUT2D eigenvalue weighted by molar-refractivity contribution is 6.01. The van der Waals surface area contributed by atoms with Crippen molar-refractivity contribution in [3.05, 3.63) is 45.8 Å². The summed E-state index contributed by atoms with van der Waals surface area (Å²) in [6, 6.07) is 3.49. The Kier molecular flexibility index (Phi) is 15.5. The molecule has 0 spiro atoms. The van der Waals surface area contributed by atoms with Gasteiger partial charge in [-0.2, -0.15) is 0 Å². The van der Waals surface area contributed by atoms with E-state index in [1.54, 1.807) is 30.9 Å². The molecule has 1 unspecified atom stereocenters. The molecule has 8 nitrogen and oxygen atoms in total. The van der Waals surface area contributed by atoms with Gasteiger partial charge >= 0.3 is 11.9 Å². The summed E-state index contributed by atoms with van der Waals surface area (Å²) in [5.41, 5.74) is 14.7. The fourth-order valence-electron chi connectivity index (χ4n) is 7.29. The number of carboxylic acid groups (broad SMARTS) is 2. The van der Waals surface area contributed by atoms with Crippen molar-refractivity contribution in [2.24, 2.45) is 5.73 Å². The molecule has 0 aromatic heterocycles. The Balaban J connectivity index is 2.44. The van der Waals surface area contributed by atoms with E-state index in [0.717, 1.165) is 18.4 Å². The monoisotopic (exact) mass is 627 g/mol. The minimum absolute atomic E-state index is 0.0463. The number of carbonyl (C=O) groups is 2. The Morgan fingerprint density at radius 1 is 0.844 bits per heavy atom. The van der Waals surface area contributed by atoms with Crippen LogP contribution in [0.4, 0.5) is 5.69 Å². The third-order valence-corrected chi connectivity index (χ3v) is 9.46. The van der Waals surface area contributed by atoms with Gasteiger partial charge in [0.2, 0.25) is 0 Å². The average Bonchev–Trinajstić information content (AvgIpc) is 2.97. The molecule has 1 aliphatic heterocycles. The van der Waals surface area contributed by atoms with Crippen molar-refractivity contribution in [3.63, 3.8) is 0 Å². The third-order valence-electron chi connectivity index (χ3n) is 9.46. The molecule has 1 aromatic carbocycles. The molecule has 2 rings (SSSR count). The number of anilines is 1. The summed E-state index contributed by atoms with van der Waals surface area (Å²) >= 11 is 0. The number of benzene rings is 1. The van der Waals surface area contributed by atoms with Gasteiger partial charge in [-0.1, -0.05) is 78.1 Å². The maximum absolute atomic E-state index is 13.1. The molecule has 8 heteroatoms. The summed E-state index contributed by atoms with van der Waals surface area (Å²) in [4.78, 5) is 28.0. The molecule has 0 aliphatic carbocycles. The van der Waals surface area contributed by atoms with E-state index >= 15 is 0 Å². The quantitative estimate of drug-likeness (QED) is 0.0788. The van der Waals surface area contributed by atoms with Gasteiger partial charge in [-0.15, -0.1) is 0 Å². The van der Waals surface area contributed by atoms with Gasteiger partial charge in [0, 0.05) is 35.2 Å². The molecule has 1 aliphatic rings. The fraction of sp³-hybridized carbons (Fsp3) is 0.676. The van der Waals surface area contributed by atoms with E-state index in [1.165, 1.54) is 57.8 Å². The van der Waals surface area contributed by atoms with Crippen LogP contribution < -0.4 is 16.2 Å². The van der Waals surface area contributed by atoms with Gasteiger partial charge in [0.1, 0.15) is 5.75 Å². The van der Waals surface area contributed by atoms with Crippen molar-refractivity contribution in [3.8, 4) is 5.75 Å². The first-order valence-electron chi connectivity index (χ1n) is 17.4. The van der Waals surface area contributed by atoms with Crippen LogP contribution in [0.3, 0.4) is 0 Å². The molecular formula is C37H61N3O5. The number of carboxylic acids is 2. The van der Waals surface area contributed by atoms with Crippen LogP contribution in [0.5, 0.6) is 5.75 Å². The highest BCUT2D eigenvalue weighted by Gasteiger charge is 2.53. The Bertz CT molecular complexity index is 1160. The Morgan fingerprint density at radius 3 is 1.80 bits per heavy atom. The number of aliphatic carboxylic acids is 2. The van der Waals surface area contributed by atoms with Gasteiger partial charge in [-0.25, -0.2) is 9.59 Å². The van der Waals surface area contributed by atoms with E-state index in [4.69, 9.17) is 16.2 Å². The lowest BCUT2D eigenvalue weighted by Crippen LogP contribution is -2.46. The fourth-order valence-corrected chi connectivity index (χ4v) is 7.29. The SMILES string of the molecule is CCCCCCCCCCCCC(N)CCc1c(N)ccc(OC(C)C)c1C1(CC)C(C(=O)O)=C(C)N(CC)C(C)=C1C(=O)O. The zero-order chi connectivity index (χ0) is 33.7. The van der Waals surface area contributed by atoms with Crippen molar-refractivity contribution in [2.45, 2.75) is 156 Å². The lowest BCUT2D eigenvalue weighted by atomic mass is 9.62. The van der Waals surface area contributed by atoms with Crippen LogP contribution in [0.25, 0.3) is 0 Å². The topological polar surface area (TPSA) is 139 Å². The van der Waals surface area contributed by atoms with Crippen LogP contribution in [0.2, 0.25) is 0 Å². The number of hydrogen-bond acceptors (Lipinski definition) is 6. The van der Waals surface area contributed by atoms with Crippen molar-refractivity contribution >= 4 is 17.6 Å². The molecule has 0 bridgehead atoms. The van der Waals surface area contributed by atoms with E-state index in [1.807, 2.05) is 27.7 Å². The Labute approximate surface area is 272 Å². The van der Waals surface area contributed by atoms with E-state index in [2.05, 4.69) is 6.92 Å². The molecule has 45 heavy (non-hydrogen) atoms. The van der Waals surface area contributed by atoms with E-state index in [-0.39, 0.29) is 29.7 Å². The van der Waals surface area contributed by atoms with Gasteiger partial charge in [0.25, 0.3) is 0 Å². The zero-order valence-corrected chi connectivity index (χ0v) is 29.1. The average molecular weight is 628 g/mol. The second-order valence-electron chi connectivity index (χ2n) is 13.0. The van der Waals surface area contributed by atoms with Gasteiger partial charge in [-0.05, 0) is 78.0 Å². The van der Waals surface area contributed by atoms with Gasteiger partial charge in [-0.3, -0.25) is 0 Å². The number of ether oxygens (including phenoxy) is 1.